The maximum Gasteiger partial charge on any atom is 0.267 e. The first kappa shape index (κ1) is 19.3. The summed E-state index contributed by atoms with van der Waals surface area (Å²) in [6.07, 6.45) is 2.08. The van der Waals surface area contributed by atoms with Crippen LogP contribution < -0.4 is 10.6 Å². The van der Waals surface area contributed by atoms with Crippen molar-refractivity contribution < 1.29 is 23.1 Å². The number of ether oxygens (including phenoxy) is 1. The van der Waals surface area contributed by atoms with Gasteiger partial charge in [0.05, 0.1) is 18.4 Å². The standard InChI is InChI=1S/C19H22N2O5S/c1-27(24,25)12-11-21(20)19(23)13-5-7-14(8-6-13)26-18-4-2-3-15-16(18)9-10-17(15)22/h2-8,17,22H,9-12,20H2,1H3/t17-/m1/s1. The normalized spacial score (nSPS) is 16.0. The van der Waals surface area contributed by atoms with E-state index < -0.39 is 21.8 Å². The van der Waals surface area contributed by atoms with Crippen LogP contribution >= 0.6 is 0 Å². The quantitative estimate of drug-likeness (QED) is 0.442. The smallest absolute Gasteiger partial charge is 0.267 e. The Kier molecular flexibility index (Phi) is 5.50. The summed E-state index contributed by atoms with van der Waals surface area (Å²) in [6.45, 7) is -0.0750. The SMILES string of the molecule is CS(=O)(=O)CCN(N)C(=O)c1ccc(Oc2cccc3c2CC[C@H]3O)cc1. The number of sulfone groups is 1. The summed E-state index contributed by atoms with van der Waals surface area (Å²) in [7, 11) is -3.20. The number of nitrogens with zero attached hydrogens (tertiary/aromatic N) is 1. The number of nitrogens with two attached hydrogens (primary N) is 1. The second-order valence-corrected chi connectivity index (χ2v) is 8.89. The second-order valence-electron chi connectivity index (χ2n) is 6.63. The molecule has 8 heteroatoms. The zero-order chi connectivity index (χ0) is 19.6. The van der Waals surface area contributed by atoms with Gasteiger partial charge in [-0.25, -0.2) is 14.3 Å². The van der Waals surface area contributed by atoms with Crippen molar-refractivity contribution in [3.8, 4) is 11.5 Å². The van der Waals surface area contributed by atoms with Crippen LogP contribution in [0.5, 0.6) is 11.5 Å². The Bertz CT molecular complexity index is 941. The Morgan fingerprint density at radius 3 is 2.63 bits per heavy atom. The maximum absolute atomic E-state index is 12.3. The summed E-state index contributed by atoms with van der Waals surface area (Å²) in [5.74, 6) is 6.25. The highest BCUT2D eigenvalue weighted by molar-refractivity contribution is 7.90. The first-order valence-corrected chi connectivity index (χ1v) is 10.6. The molecule has 0 spiro atoms. The van der Waals surface area contributed by atoms with Crippen LogP contribution in [0.25, 0.3) is 0 Å². The van der Waals surface area contributed by atoms with Gasteiger partial charge in [-0.1, -0.05) is 12.1 Å². The number of benzene rings is 2. The van der Waals surface area contributed by atoms with E-state index in [4.69, 9.17) is 10.6 Å². The summed E-state index contributed by atoms with van der Waals surface area (Å²) >= 11 is 0. The van der Waals surface area contributed by atoms with Crippen molar-refractivity contribution in [2.75, 3.05) is 18.6 Å². The molecule has 0 heterocycles. The van der Waals surface area contributed by atoms with E-state index in [2.05, 4.69) is 0 Å². The second kappa shape index (κ2) is 7.67. The minimum absolute atomic E-state index is 0.0750. The summed E-state index contributed by atoms with van der Waals surface area (Å²) in [4.78, 5) is 12.3. The van der Waals surface area contributed by atoms with Crippen LogP contribution in [0.2, 0.25) is 0 Å². The highest BCUT2D eigenvalue weighted by Gasteiger charge is 2.23. The Hall–Kier alpha value is -2.42. The van der Waals surface area contributed by atoms with E-state index in [1.807, 2.05) is 18.2 Å². The summed E-state index contributed by atoms with van der Waals surface area (Å²) in [6, 6.07) is 12.1. The number of aliphatic hydroxyl groups is 1. The fourth-order valence-electron chi connectivity index (χ4n) is 3.02. The Balaban J connectivity index is 1.68. The van der Waals surface area contributed by atoms with Gasteiger partial charge in [-0.3, -0.25) is 9.80 Å². The average molecular weight is 390 g/mol. The fraction of sp³-hybridized carbons (Fsp3) is 0.316. The lowest BCUT2D eigenvalue weighted by atomic mass is 10.1. The molecule has 0 fully saturated rings. The van der Waals surface area contributed by atoms with Crippen LogP contribution in [0, 0.1) is 0 Å². The molecule has 0 aliphatic heterocycles. The van der Waals surface area contributed by atoms with Gasteiger partial charge >= 0.3 is 0 Å². The number of aliphatic hydroxyl groups excluding tert-OH is 1. The lowest BCUT2D eigenvalue weighted by Crippen LogP contribution is -2.40. The van der Waals surface area contributed by atoms with Gasteiger partial charge in [0.1, 0.15) is 21.3 Å². The number of carbonyl (C=O) groups is 1. The molecule has 3 N–H and O–H groups in total. The molecular formula is C19H22N2O5S. The molecule has 27 heavy (non-hydrogen) atoms. The van der Waals surface area contributed by atoms with Crippen LogP contribution in [0.4, 0.5) is 0 Å². The molecule has 1 aliphatic carbocycles. The van der Waals surface area contributed by atoms with Gasteiger partial charge in [0.2, 0.25) is 0 Å². The van der Waals surface area contributed by atoms with Crippen molar-refractivity contribution in [3.63, 3.8) is 0 Å². The molecule has 3 rings (SSSR count). The first-order chi connectivity index (χ1) is 12.7. The highest BCUT2D eigenvalue weighted by Crippen LogP contribution is 2.38. The van der Waals surface area contributed by atoms with E-state index >= 15 is 0 Å². The van der Waals surface area contributed by atoms with E-state index in [1.54, 1.807) is 24.3 Å². The Morgan fingerprint density at radius 1 is 1.26 bits per heavy atom. The monoisotopic (exact) mass is 390 g/mol. The third kappa shape index (κ3) is 4.65. The molecule has 0 radical (unpaired) electrons. The lowest BCUT2D eigenvalue weighted by molar-refractivity contribution is 0.0765. The molecule has 0 unspecified atom stereocenters. The third-order valence-electron chi connectivity index (χ3n) is 4.49. The molecule has 0 saturated heterocycles. The Labute approximate surface area is 158 Å². The van der Waals surface area contributed by atoms with Crippen molar-refractivity contribution in [2.24, 2.45) is 5.84 Å². The van der Waals surface area contributed by atoms with E-state index in [0.29, 0.717) is 23.5 Å². The molecule has 2 aromatic carbocycles. The van der Waals surface area contributed by atoms with Crippen LogP contribution in [0.3, 0.4) is 0 Å². The van der Waals surface area contributed by atoms with Gasteiger partial charge in [-0.2, -0.15) is 0 Å². The van der Waals surface area contributed by atoms with E-state index in [1.165, 1.54) is 0 Å². The van der Waals surface area contributed by atoms with E-state index in [0.717, 1.165) is 28.8 Å². The Morgan fingerprint density at radius 2 is 1.96 bits per heavy atom. The topological polar surface area (TPSA) is 110 Å². The third-order valence-corrected chi connectivity index (χ3v) is 5.41. The number of carbonyl (C=O) groups excluding carboxylic acids is 1. The minimum Gasteiger partial charge on any atom is -0.457 e. The number of amides is 1. The van der Waals surface area contributed by atoms with Gasteiger partial charge in [0.25, 0.3) is 5.91 Å². The summed E-state index contributed by atoms with van der Waals surface area (Å²) < 4.78 is 28.3. The van der Waals surface area contributed by atoms with Gasteiger partial charge in [-0.15, -0.1) is 0 Å². The van der Waals surface area contributed by atoms with Crippen LogP contribution in [0.15, 0.2) is 42.5 Å². The van der Waals surface area contributed by atoms with Crippen molar-refractivity contribution in [1.29, 1.82) is 0 Å². The number of hydrogen-bond donors (Lipinski definition) is 2. The molecule has 7 nitrogen and oxygen atoms in total. The zero-order valence-corrected chi connectivity index (χ0v) is 15.8. The largest absolute Gasteiger partial charge is 0.457 e. The molecule has 144 valence electrons. The van der Waals surface area contributed by atoms with Crippen LogP contribution in [-0.2, 0) is 16.3 Å². The average Bonchev–Trinajstić information content (AvgIpc) is 3.01. The molecule has 1 amide bonds. The number of fused-ring (bicyclic) bond motifs is 1. The molecule has 1 atom stereocenters. The zero-order valence-electron chi connectivity index (χ0n) is 15.0. The van der Waals surface area contributed by atoms with Crippen molar-refractivity contribution in [2.45, 2.75) is 18.9 Å². The van der Waals surface area contributed by atoms with Gasteiger partial charge < -0.3 is 9.84 Å². The van der Waals surface area contributed by atoms with Gasteiger partial charge in [0.15, 0.2) is 0 Å². The van der Waals surface area contributed by atoms with Crippen molar-refractivity contribution >= 4 is 15.7 Å². The van der Waals surface area contributed by atoms with E-state index in [9.17, 15) is 18.3 Å². The molecule has 0 aromatic heterocycles. The van der Waals surface area contributed by atoms with Gasteiger partial charge in [-0.05, 0) is 48.7 Å². The van der Waals surface area contributed by atoms with Gasteiger partial charge in [0, 0.05) is 17.4 Å². The maximum atomic E-state index is 12.3. The summed E-state index contributed by atoms with van der Waals surface area (Å²) in [5.41, 5.74) is 2.23. The highest BCUT2D eigenvalue weighted by atomic mass is 32.2. The summed E-state index contributed by atoms with van der Waals surface area (Å²) in [5, 5.41) is 10.9. The molecule has 0 saturated carbocycles. The predicted octanol–water partition coefficient (Wildman–Crippen LogP) is 1.82. The number of hydrogen-bond acceptors (Lipinski definition) is 6. The van der Waals surface area contributed by atoms with Crippen LogP contribution in [0.1, 0.15) is 34.0 Å². The number of rotatable bonds is 6. The molecule has 1 aliphatic rings. The van der Waals surface area contributed by atoms with E-state index in [-0.39, 0.29) is 12.3 Å². The molecule has 2 aromatic rings. The minimum atomic E-state index is -3.20. The molecule has 0 bridgehead atoms. The lowest BCUT2D eigenvalue weighted by Gasteiger charge is -2.16. The first-order valence-electron chi connectivity index (χ1n) is 8.56. The van der Waals surface area contributed by atoms with Crippen molar-refractivity contribution in [3.05, 3.63) is 59.2 Å². The number of hydrazine groups is 1. The molecular weight excluding hydrogens is 368 g/mol. The predicted molar refractivity (Wildman–Crippen MR) is 101 cm³/mol. The fourth-order valence-corrected chi connectivity index (χ4v) is 3.55. The van der Waals surface area contributed by atoms with Crippen LogP contribution in [-0.4, -0.2) is 43.0 Å². The van der Waals surface area contributed by atoms with Crippen molar-refractivity contribution in [1.82, 2.24) is 5.01 Å².